The van der Waals surface area contributed by atoms with Gasteiger partial charge in [-0.25, -0.2) is 4.98 Å². The zero-order chi connectivity index (χ0) is 16.0. The van der Waals surface area contributed by atoms with Crippen LogP contribution in [0.5, 0.6) is 0 Å². The summed E-state index contributed by atoms with van der Waals surface area (Å²) < 4.78 is 7.98. The van der Waals surface area contributed by atoms with Gasteiger partial charge in [-0.1, -0.05) is 0 Å². The number of nitrogens with zero attached hydrogens (tertiary/aromatic N) is 3. The molecule has 1 aliphatic heterocycles. The molecule has 0 aromatic carbocycles. The van der Waals surface area contributed by atoms with Crippen LogP contribution >= 0.6 is 11.3 Å². The van der Waals surface area contributed by atoms with E-state index in [1.54, 1.807) is 0 Å². The quantitative estimate of drug-likeness (QED) is 0.914. The van der Waals surface area contributed by atoms with Crippen molar-refractivity contribution in [3.63, 3.8) is 0 Å². The minimum Gasteiger partial charge on any atom is -0.372 e. The Labute approximate surface area is 141 Å². The topological polar surface area (TPSA) is 52.0 Å². The molecule has 2 atom stereocenters. The van der Waals surface area contributed by atoms with E-state index in [0.717, 1.165) is 31.2 Å². The molecule has 0 unspecified atom stereocenters. The van der Waals surface area contributed by atoms with E-state index in [-0.39, 0.29) is 6.10 Å². The highest BCUT2D eigenvalue weighted by atomic mass is 32.1. The summed E-state index contributed by atoms with van der Waals surface area (Å²) in [5.74, 6) is 0.747. The lowest BCUT2D eigenvalue weighted by atomic mass is 10.0. The van der Waals surface area contributed by atoms with Crippen LogP contribution in [0.4, 0.5) is 0 Å². The molecule has 1 saturated heterocycles. The molecule has 4 rings (SSSR count). The Balaban J connectivity index is 1.44. The van der Waals surface area contributed by atoms with Crippen LogP contribution in [-0.4, -0.2) is 27.4 Å². The van der Waals surface area contributed by atoms with Crippen molar-refractivity contribution in [2.75, 3.05) is 6.61 Å². The predicted octanol–water partition coefficient (Wildman–Crippen LogP) is 2.99. The molecule has 1 aliphatic carbocycles. The van der Waals surface area contributed by atoms with Crippen LogP contribution in [0.15, 0.2) is 5.38 Å². The summed E-state index contributed by atoms with van der Waals surface area (Å²) in [5, 5.41) is 11.7. The van der Waals surface area contributed by atoms with Gasteiger partial charge in [-0.05, 0) is 33.1 Å². The SMILES string of the molecule is Cc1nn(C)c(C)c1[C@H]1OCC[C@@H]1NCc1csc(C2CC2)n1. The number of hydrogen-bond donors (Lipinski definition) is 1. The van der Waals surface area contributed by atoms with Gasteiger partial charge in [-0.3, -0.25) is 4.68 Å². The van der Waals surface area contributed by atoms with E-state index in [1.807, 2.05) is 23.1 Å². The van der Waals surface area contributed by atoms with Gasteiger partial charge in [0.15, 0.2) is 0 Å². The highest BCUT2D eigenvalue weighted by molar-refractivity contribution is 7.09. The van der Waals surface area contributed by atoms with Crippen molar-refractivity contribution in [3.05, 3.63) is 33.0 Å². The van der Waals surface area contributed by atoms with Crippen molar-refractivity contribution < 1.29 is 4.74 Å². The predicted molar refractivity (Wildman–Crippen MR) is 90.7 cm³/mol. The van der Waals surface area contributed by atoms with Crippen molar-refractivity contribution in [2.24, 2.45) is 7.05 Å². The lowest BCUT2D eigenvalue weighted by Crippen LogP contribution is -2.31. The number of nitrogens with one attached hydrogen (secondary N) is 1. The van der Waals surface area contributed by atoms with Gasteiger partial charge < -0.3 is 10.1 Å². The molecule has 0 bridgehead atoms. The lowest BCUT2D eigenvalue weighted by molar-refractivity contribution is 0.0973. The number of aromatic nitrogens is 3. The molecule has 5 nitrogen and oxygen atoms in total. The van der Waals surface area contributed by atoms with Crippen molar-refractivity contribution in [1.82, 2.24) is 20.1 Å². The molecule has 2 fully saturated rings. The molecule has 6 heteroatoms. The van der Waals surface area contributed by atoms with Crippen LogP contribution in [-0.2, 0) is 18.3 Å². The third-order valence-electron chi connectivity index (χ3n) is 4.98. The van der Waals surface area contributed by atoms with Gasteiger partial charge in [-0.15, -0.1) is 11.3 Å². The molecule has 2 aromatic rings. The number of rotatable bonds is 5. The van der Waals surface area contributed by atoms with Gasteiger partial charge in [0, 0.05) is 48.8 Å². The fourth-order valence-electron chi connectivity index (χ4n) is 3.44. The van der Waals surface area contributed by atoms with Crippen LogP contribution in [0.3, 0.4) is 0 Å². The molecular formula is C17H24N4OS. The lowest BCUT2D eigenvalue weighted by Gasteiger charge is -2.20. The summed E-state index contributed by atoms with van der Waals surface area (Å²) in [6.45, 7) is 5.83. The highest BCUT2D eigenvalue weighted by Crippen LogP contribution is 2.41. The van der Waals surface area contributed by atoms with Gasteiger partial charge in [0.05, 0.1) is 16.4 Å². The van der Waals surface area contributed by atoms with E-state index >= 15 is 0 Å². The molecule has 1 N–H and O–H groups in total. The Morgan fingerprint density at radius 1 is 1.35 bits per heavy atom. The molecule has 0 amide bonds. The molecule has 23 heavy (non-hydrogen) atoms. The zero-order valence-corrected chi connectivity index (χ0v) is 14.8. The number of thiazole rings is 1. The first-order valence-electron chi connectivity index (χ1n) is 8.43. The summed E-state index contributed by atoms with van der Waals surface area (Å²) in [5.41, 5.74) is 4.70. The van der Waals surface area contributed by atoms with Crippen LogP contribution < -0.4 is 5.32 Å². The molecule has 2 aromatic heterocycles. The smallest absolute Gasteiger partial charge is 0.101 e. The van der Waals surface area contributed by atoms with E-state index in [9.17, 15) is 0 Å². The maximum absolute atomic E-state index is 6.03. The van der Waals surface area contributed by atoms with Crippen molar-refractivity contribution in [1.29, 1.82) is 0 Å². The first-order valence-corrected chi connectivity index (χ1v) is 9.31. The van der Waals surface area contributed by atoms with Gasteiger partial charge in [-0.2, -0.15) is 5.10 Å². The van der Waals surface area contributed by atoms with E-state index in [4.69, 9.17) is 9.72 Å². The third-order valence-corrected chi connectivity index (χ3v) is 6.04. The fraction of sp³-hybridized carbons (Fsp3) is 0.647. The second kappa shape index (κ2) is 6.00. The van der Waals surface area contributed by atoms with Gasteiger partial charge in [0.25, 0.3) is 0 Å². The molecule has 2 aliphatic rings. The number of ether oxygens (including phenoxy) is 1. The fourth-order valence-corrected chi connectivity index (χ4v) is 4.43. The van der Waals surface area contributed by atoms with E-state index in [1.165, 1.54) is 34.8 Å². The normalized spacial score (nSPS) is 24.5. The van der Waals surface area contributed by atoms with Gasteiger partial charge in [0.2, 0.25) is 0 Å². The first-order chi connectivity index (χ1) is 11.1. The maximum atomic E-state index is 6.03. The zero-order valence-electron chi connectivity index (χ0n) is 14.0. The largest absolute Gasteiger partial charge is 0.372 e. The van der Waals surface area contributed by atoms with Crippen LogP contribution in [0.25, 0.3) is 0 Å². The minimum atomic E-state index is 0.102. The van der Waals surface area contributed by atoms with E-state index < -0.39 is 0 Å². The Bertz CT molecular complexity index is 704. The molecular weight excluding hydrogens is 308 g/mol. The average molecular weight is 332 g/mol. The van der Waals surface area contributed by atoms with Crippen LogP contribution in [0.2, 0.25) is 0 Å². The van der Waals surface area contributed by atoms with Crippen molar-refractivity contribution in [3.8, 4) is 0 Å². The Kier molecular flexibility index (Phi) is 3.99. The molecule has 0 radical (unpaired) electrons. The molecule has 3 heterocycles. The Morgan fingerprint density at radius 2 is 2.17 bits per heavy atom. The summed E-state index contributed by atoms with van der Waals surface area (Å²) in [6, 6.07) is 0.336. The van der Waals surface area contributed by atoms with Crippen LogP contribution in [0.1, 0.15) is 58.9 Å². The minimum absolute atomic E-state index is 0.102. The summed E-state index contributed by atoms with van der Waals surface area (Å²) in [4.78, 5) is 4.77. The standard InChI is InChI=1S/C17H24N4OS/c1-10-15(11(2)21(3)20-10)16-14(6-7-22-16)18-8-13-9-23-17(19-13)12-4-5-12/h9,12,14,16,18H,4-8H2,1-3H3/t14-,16-/m0/s1. The molecule has 0 spiro atoms. The monoisotopic (exact) mass is 332 g/mol. The van der Waals surface area contributed by atoms with Gasteiger partial charge >= 0.3 is 0 Å². The maximum Gasteiger partial charge on any atom is 0.101 e. The second-order valence-corrected chi connectivity index (χ2v) is 7.62. The molecule has 1 saturated carbocycles. The second-order valence-electron chi connectivity index (χ2n) is 6.73. The van der Waals surface area contributed by atoms with E-state index in [2.05, 4.69) is 29.6 Å². The number of hydrogen-bond acceptors (Lipinski definition) is 5. The van der Waals surface area contributed by atoms with E-state index in [0.29, 0.717) is 6.04 Å². The Morgan fingerprint density at radius 3 is 2.87 bits per heavy atom. The summed E-state index contributed by atoms with van der Waals surface area (Å²) in [6.07, 6.45) is 3.78. The van der Waals surface area contributed by atoms with Gasteiger partial charge in [0.1, 0.15) is 6.10 Å². The molecule has 124 valence electrons. The highest BCUT2D eigenvalue weighted by Gasteiger charge is 2.33. The third kappa shape index (κ3) is 2.95. The first kappa shape index (κ1) is 15.3. The number of aryl methyl sites for hydroxylation is 2. The average Bonchev–Trinajstić information content (AvgIpc) is 2.99. The Hall–Kier alpha value is -1.24. The summed E-state index contributed by atoms with van der Waals surface area (Å²) >= 11 is 1.81. The van der Waals surface area contributed by atoms with Crippen molar-refractivity contribution in [2.45, 2.75) is 57.7 Å². The van der Waals surface area contributed by atoms with Crippen LogP contribution in [0, 0.1) is 13.8 Å². The summed E-state index contributed by atoms with van der Waals surface area (Å²) in [7, 11) is 2.00. The van der Waals surface area contributed by atoms with Crippen molar-refractivity contribution >= 4 is 11.3 Å².